The Morgan fingerprint density at radius 3 is 2.76 bits per heavy atom. The van der Waals surface area contributed by atoms with Crippen LogP contribution in [0.1, 0.15) is 11.4 Å². The number of aromatic nitrogens is 2. The largest absolute Gasteiger partial charge is 0.293 e. The van der Waals surface area contributed by atoms with Gasteiger partial charge in [0.05, 0.1) is 16.2 Å². The van der Waals surface area contributed by atoms with E-state index in [2.05, 4.69) is 4.98 Å². The molecule has 0 saturated heterocycles. The standard InChI is InChI=1S/C16H13Cl2FN2/c1-10-5-6-13(12(19)9-10)21-14-4-2-3-11(18)16(14)20-15(21)7-8-17/h2-6,9H,7-8H2,1H3. The van der Waals surface area contributed by atoms with Crippen molar-refractivity contribution >= 4 is 34.2 Å². The number of nitrogens with zero attached hydrogens (tertiary/aromatic N) is 2. The van der Waals surface area contributed by atoms with E-state index in [1.807, 2.05) is 25.1 Å². The van der Waals surface area contributed by atoms with Gasteiger partial charge in [0.2, 0.25) is 0 Å². The molecule has 1 aromatic heterocycles. The fourth-order valence-electron chi connectivity index (χ4n) is 2.43. The van der Waals surface area contributed by atoms with E-state index in [0.717, 1.165) is 11.1 Å². The maximum absolute atomic E-state index is 14.3. The van der Waals surface area contributed by atoms with Gasteiger partial charge in [-0.1, -0.05) is 23.7 Å². The van der Waals surface area contributed by atoms with E-state index in [0.29, 0.717) is 34.4 Å². The van der Waals surface area contributed by atoms with Gasteiger partial charge < -0.3 is 0 Å². The average molecular weight is 323 g/mol. The Morgan fingerprint density at radius 2 is 2.05 bits per heavy atom. The van der Waals surface area contributed by atoms with Crippen LogP contribution >= 0.6 is 23.2 Å². The average Bonchev–Trinajstić information content (AvgIpc) is 2.79. The van der Waals surface area contributed by atoms with Crippen LogP contribution in [0.5, 0.6) is 0 Å². The number of benzene rings is 2. The highest BCUT2D eigenvalue weighted by Crippen LogP contribution is 2.28. The molecule has 0 N–H and O–H groups in total. The van der Waals surface area contributed by atoms with Crippen LogP contribution in [-0.4, -0.2) is 15.4 Å². The van der Waals surface area contributed by atoms with Gasteiger partial charge in [-0.2, -0.15) is 0 Å². The Labute approximate surface area is 132 Å². The predicted molar refractivity (Wildman–Crippen MR) is 85.2 cm³/mol. The van der Waals surface area contributed by atoms with Gasteiger partial charge >= 0.3 is 0 Å². The second-order valence-electron chi connectivity index (χ2n) is 4.86. The summed E-state index contributed by atoms with van der Waals surface area (Å²) in [5.74, 6) is 0.829. The lowest BCUT2D eigenvalue weighted by atomic mass is 10.2. The summed E-state index contributed by atoms with van der Waals surface area (Å²) in [5, 5.41) is 0.551. The zero-order valence-corrected chi connectivity index (χ0v) is 12.9. The molecule has 0 radical (unpaired) electrons. The van der Waals surface area contributed by atoms with Gasteiger partial charge in [-0.25, -0.2) is 9.37 Å². The third-order valence-electron chi connectivity index (χ3n) is 3.37. The number of imidazole rings is 1. The fourth-order valence-corrected chi connectivity index (χ4v) is 2.81. The Morgan fingerprint density at radius 1 is 1.24 bits per heavy atom. The quantitative estimate of drug-likeness (QED) is 0.626. The van der Waals surface area contributed by atoms with E-state index in [1.54, 1.807) is 16.7 Å². The SMILES string of the molecule is Cc1ccc(-n2c(CCCl)nc3c(Cl)cccc32)c(F)c1. The molecule has 3 rings (SSSR count). The van der Waals surface area contributed by atoms with E-state index in [9.17, 15) is 4.39 Å². The highest BCUT2D eigenvalue weighted by molar-refractivity contribution is 6.35. The first-order chi connectivity index (χ1) is 10.1. The Balaban J connectivity index is 2.33. The topological polar surface area (TPSA) is 17.8 Å². The second-order valence-corrected chi connectivity index (χ2v) is 5.65. The van der Waals surface area contributed by atoms with Crippen LogP contribution in [0, 0.1) is 12.7 Å². The van der Waals surface area contributed by atoms with Crippen molar-refractivity contribution in [1.29, 1.82) is 0 Å². The lowest BCUT2D eigenvalue weighted by molar-refractivity contribution is 0.616. The van der Waals surface area contributed by atoms with E-state index in [-0.39, 0.29) is 5.82 Å². The lowest BCUT2D eigenvalue weighted by Crippen LogP contribution is -2.04. The number of halogens is 3. The first-order valence-electron chi connectivity index (χ1n) is 6.60. The molecule has 2 nitrogen and oxygen atoms in total. The maximum atomic E-state index is 14.3. The zero-order chi connectivity index (χ0) is 15.0. The minimum atomic E-state index is -0.287. The van der Waals surface area contributed by atoms with Crippen molar-refractivity contribution in [1.82, 2.24) is 9.55 Å². The van der Waals surface area contributed by atoms with E-state index in [1.165, 1.54) is 6.07 Å². The lowest BCUT2D eigenvalue weighted by Gasteiger charge is -2.10. The van der Waals surface area contributed by atoms with Crippen LogP contribution in [0.15, 0.2) is 36.4 Å². The summed E-state index contributed by atoms with van der Waals surface area (Å²) in [7, 11) is 0. The first kappa shape index (κ1) is 14.4. The molecule has 0 aliphatic heterocycles. The molecule has 21 heavy (non-hydrogen) atoms. The summed E-state index contributed by atoms with van der Waals surface area (Å²) in [6.45, 7) is 1.86. The molecule has 0 atom stereocenters. The number of aryl methyl sites for hydroxylation is 2. The monoisotopic (exact) mass is 322 g/mol. The van der Waals surface area contributed by atoms with Crippen LogP contribution in [0.2, 0.25) is 5.02 Å². The molecule has 0 bridgehead atoms. The maximum Gasteiger partial charge on any atom is 0.147 e. The summed E-state index contributed by atoms with van der Waals surface area (Å²) in [5.41, 5.74) is 2.78. The first-order valence-corrected chi connectivity index (χ1v) is 7.51. The minimum Gasteiger partial charge on any atom is -0.293 e. The van der Waals surface area contributed by atoms with Crippen molar-refractivity contribution in [3.63, 3.8) is 0 Å². The molecule has 0 aliphatic rings. The Bertz CT molecular complexity index is 811. The molecule has 5 heteroatoms. The number of para-hydroxylation sites is 1. The highest BCUT2D eigenvalue weighted by Gasteiger charge is 2.16. The number of hydrogen-bond acceptors (Lipinski definition) is 1. The number of rotatable bonds is 3. The van der Waals surface area contributed by atoms with Crippen molar-refractivity contribution in [2.45, 2.75) is 13.3 Å². The van der Waals surface area contributed by atoms with Crippen molar-refractivity contribution in [2.24, 2.45) is 0 Å². The summed E-state index contributed by atoms with van der Waals surface area (Å²) in [4.78, 5) is 4.52. The molecular weight excluding hydrogens is 310 g/mol. The third-order valence-corrected chi connectivity index (χ3v) is 3.86. The van der Waals surface area contributed by atoms with Gasteiger partial charge in [0.1, 0.15) is 17.2 Å². The second kappa shape index (κ2) is 5.66. The molecule has 0 unspecified atom stereocenters. The molecular formula is C16H13Cl2FN2. The molecule has 2 aromatic carbocycles. The Kier molecular flexibility index (Phi) is 3.87. The number of fused-ring (bicyclic) bond motifs is 1. The summed E-state index contributed by atoms with van der Waals surface area (Å²) in [6, 6.07) is 10.6. The van der Waals surface area contributed by atoms with Crippen LogP contribution < -0.4 is 0 Å². The van der Waals surface area contributed by atoms with Gasteiger partial charge in [-0.15, -0.1) is 11.6 Å². The summed E-state index contributed by atoms with van der Waals surface area (Å²) >= 11 is 12.0. The van der Waals surface area contributed by atoms with E-state index >= 15 is 0 Å². The van der Waals surface area contributed by atoms with Crippen molar-refractivity contribution in [2.75, 3.05) is 5.88 Å². The minimum absolute atomic E-state index is 0.287. The molecule has 1 heterocycles. The zero-order valence-electron chi connectivity index (χ0n) is 11.4. The van der Waals surface area contributed by atoms with Crippen molar-refractivity contribution in [3.05, 3.63) is 58.6 Å². The molecule has 0 fully saturated rings. The van der Waals surface area contributed by atoms with Crippen LogP contribution in [0.4, 0.5) is 4.39 Å². The van der Waals surface area contributed by atoms with Gasteiger partial charge in [-0.3, -0.25) is 4.57 Å². The van der Waals surface area contributed by atoms with Gasteiger partial charge in [0.25, 0.3) is 0 Å². The molecule has 0 saturated carbocycles. The number of hydrogen-bond donors (Lipinski definition) is 0. The van der Waals surface area contributed by atoms with Crippen molar-refractivity contribution in [3.8, 4) is 5.69 Å². The number of alkyl halides is 1. The van der Waals surface area contributed by atoms with E-state index in [4.69, 9.17) is 23.2 Å². The summed E-state index contributed by atoms with van der Waals surface area (Å²) < 4.78 is 16.1. The van der Waals surface area contributed by atoms with Gasteiger partial charge in [0, 0.05) is 12.3 Å². The predicted octanol–water partition coefficient (Wildman–Crippen LogP) is 4.91. The van der Waals surface area contributed by atoms with Crippen LogP contribution in [0.25, 0.3) is 16.7 Å². The fraction of sp³-hybridized carbons (Fsp3) is 0.188. The van der Waals surface area contributed by atoms with E-state index < -0.39 is 0 Å². The third kappa shape index (κ3) is 2.52. The molecule has 108 valence electrons. The molecule has 0 spiro atoms. The van der Waals surface area contributed by atoms with Crippen LogP contribution in [0.3, 0.4) is 0 Å². The highest BCUT2D eigenvalue weighted by atomic mass is 35.5. The molecule has 0 amide bonds. The molecule has 0 aliphatic carbocycles. The smallest absolute Gasteiger partial charge is 0.147 e. The normalized spacial score (nSPS) is 11.2. The van der Waals surface area contributed by atoms with Gasteiger partial charge in [-0.05, 0) is 36.8 Å². The Hall–Kier alpha value is -1.58. The van der Waals surface area contributed by atoms with Crippen LogP contribution in [-0.2, 0) is 6.42 Å². The molecule has 3 aromatic rings. The van der Waals surface area contributed by atoms with Gasteiger partial charge in [0.15, 0.2) is 0 Å². The van der Waals surface area contributed by atoms with Crippen molar-refractivity contribution < 1.29 is 4.39 Å². The summed E-state index contributed by atoms with van der Waals surface area (Å²) in [6.07, 6.45) is 0.542.